The van der Waals surface area contributed by atoms with E-state index in [0.717, 1.165) is 31.5 Å². The summed E-state index contributed by atoms with van der Waals surface area (Å²) < 4.78 is 24.5. The lowest BCUT2D eigenvalue weighted by atomic mass is 9.98. The number of sulfone groups is 1. The number of amides is 1. The molecule has 2 heterocycles. The first-order chi connectivity index (χ1) is 9.35. The molecule has 1 aromatic rings. The SMILES string of the molecule is Cc1nccn1C[C@H]1CCCN(C(=O)CS(C)(=O)=O)C1. The van der Waals surface area contributed by atoms with Crippen molar-refractivity contribution in [2.24, 2.45) is 5.92 Å². The van der Waals surface area contributed by atoms with E-state index in [4.69, 9.17) is 0 Å². The van der Waals surface area contributed by atoms with Gasteiger partial charge >= 0.3 is 0 Å². The second-order valence-electron chi connectivity index (χ2n) is 5.54. The van der Waals surface area contributed by atoms with Gasteiger partial charge in [-0.2, -0.15) is 0 Å². The van der Waals surface area contributed by atoms with Gasteiger partial charge in [0.15, 0.2) is 9.84 Å². The van der Waals surface area contributed by atoms with Crippen molar-refractivity contribution in [1.82, 2.24) is 14.5 Å². The van der Waals surface area contributed by atoms with Crippen LogP contribution in [0, 0.1) is 12.8 Å². The van der Waals surface area contributed by atoms with E-state index in [1.54, 1.807) is 11.1 Å². The minimum atomic E-state index is -3.25. The summed E-state index contributed by atoms with van der Waals surface area (Å²) in [7, 11) is -3.25. The number of hydrogen-bond acceptors (Lipinski definition) is 4. The standard InChI is InChI=1S/C13H21N3O3S/c1-11-14-5-7-15(11)8-12-4-3-6-16(9-12)13(17)10-20(2,18)19/h5,7,12H,3-4,6,8-10H2,1-2H3/t12-/m1/s1. The van der Waals surface area contributed by atoms with Crippen molar-refractivity contribution >= 4 is 15.7 Å². The topological polar surface area (TPSA) is 72.3 Å². The molecule has 1 atom stereocenters. The molecule has 1 amide bonds. The Morgan fingerprint density at radius 2 is 2.25 bits per heavy atom. The summed E-state index contributed by atoms with van der Waals surface area (Å²) in [6.45, 7) is 4.07. The Morgan fingerprint density at radius 3 is 2.85 bits per heavy atom. The Kier molecular flexibility index (Phi) is 4.47. The first-order valence-corrected chi connectivity index (χ1v) is 8.84. The molecule has 7 heteroatoms. The average molecular weight is 299 g/mol. The zero-order valence-corrected chi connectivity index (χ0v) is 12.8. The zero-order valence-electron chi connectivity index (χ0n) is 11.9. The van der Waals surface area contributed by atoms with E-state index in [-0.39, 0.29) is 11.7 Å². The lowest BCUT2D eigenvalue weighted by Crippen LogP contribution is -2.43. The summed E-state index contributed by atoms with van der Waals surface area (Å²) in [4.78, 5) is 17.8. The van der Waals surface area contributed by atoms with Crippen molar-refractivity contribution in [3.05, 3.63) is 18.2 Å². The summed E-state index contributed by atoms with van der Waals surface area (Å²) >= 11 is 0. The van der Waals surface area contributed by atoms with E-state index in [1.165, 1.54) is 0 Å². The molecule has 0 saturated carbocycles. The van der Waals surface area contributed by atoms with Crippen LogP contribution in [0.15, 0.2) is 12.4 Å². The molecule has 6 nitrogen and oxygen atoms in total. The van der Waals surface area contributed by atoms with E-state index < -0.39 is 9.84 Å². The highest BCUT2D eigenvalue weighted by atomic mass is 32.2. The van der Waals surface area contributed by atoms with Gasteiger partial charge in [-0.15, -0.1) is 0 Å². The van der Waals surface area contributed by atoms with Crippen LogP contribution in [-0.4, -0.2) is 53.9 Å². The van der Waals surface area contributed by atoms with E-state index in [0.29, 0.717) is 19.0 Å². The van der Waals surface area contributed by atoms with Gasteiger partial charge in [0.1, 0.15) is 11.6 Å². The van der Waals surface area contributed by atoms with Crippen LogP contribution in [0.25, 0.3) is 0 Å². The van der Waals surface area contributed by atoms with E-state index in [1.807, 2.05) is 13.1 Å². The van der Waals surface area contributed by atoms with Crippen molar-refractivity contribution in [1.29, 1.82) is 0 Å². The van der Waals surface area contributed by atoms with Crippen LogP contribution >= 0.6 is 0 Å². The van der Waals surface area contributed by atoms with Crippen LogP contribution in [0.2, 0.25) is 0 Å². The lowest BCUT2D eigenvalue weighted by molar-refractivity contribution is -0.130. The van der Waals surface area contributed by atoms with Crippen molar-refractivity contribution in [3.8, 4) is 0 Å². The molecule has 1 fully saturated rings. The molecule has 0 unspecified atom stereocenters. The summed E-state index contributed by atoms with van der Waals surface area (Å²) in [6.07, 6.45) is 6.78. The fraction of sp³-hybridized carbons (Fsp3) is 0.692. The van der Waals surface area contributed by atoms with Gasteiger partial charge in [-0.1, -0.05) is 0 Å². The quantitative estimate of drug-likeness (QED) is 0.810. The van der Waals surface area contributed by atoms with Crippen molar-refractivity contribution in [3.63, 3.8) is 0 Å². The lowest BCUT2D eigenvalue weighted by Gasteiger charge is -2.33. The predicted molar refractivity (Wildman–Crippen MR) is 76.0 cm³/mol. The molecule has 0 aromatic carbocycles. The maximum atomic E-state index is 12.0. The number of rotatable bonds is 4. The van der Waals surface area contributed by atoms with E-state index >= 15 is 0 Å². The number of aromatic nitrogens is 2. The molecule has 20 heavy (non-hydrogen) atoms. The monoisotopic (exact) mass is 299 g/mol. The Balaban J connectivity index is 1.95. The molecule has 2 rings (SSSR count). The van der Waals surface area contributed by atoms with Gasteiger partial charge in [-0.3, -0.25) is 4.79 Å². The van der Waals surface area contributed by atoms with Gasteiger partial charge in [-0.05, 0) is 25.7 Å². The molecule has 1 aliphatic rings. The molecule has 1 aromatic heterocycles. The van der Waals surface area contributed by atoms with Crippen molar-refractivity contribution in [2.45, 2.75) is 26.3 Å². The van der Waals surface area contributed by atoms with E-state index in [2.05, 4.69) is 9.55 Å². The van der Waals surface area contributed by atoms with Crippen molar-refractivity contribution in [2.75, 3.05) is 25.1 Å². The maximum Gasteiger partial charge on any atom is 0.237 e. The van der Waals surface area contributed by atoms with Crippen LogP contribution in [0.5, 0.6) is 0 Å². The zero-order chi connectivity index (χ0) is 14.8. The molecule has 0 bridgehead atoms. The number of imidazole rings is 1. The second kappa shape index (κ2) is 5.95. The fourth-order valence-electron chi connectivity index (χ4n) is 2.63. The van der Waals surface area contributed by atoms with Gasteiger partial charge in [-0.25, -0.2) is 13.4 Å². The molecule has 0 radical (unpaired) electrons. The average Bonchev–Trinajstić information content (AvgIpc) is 2.73. The van der Waals surface area contributed by atoms with Gasteiger partial charge in [0.05, 0.1) is 0 Å². The summed E-state index contributed by atoms with van der Waals surface area (Å²) in [5.74, 6) is 0.661. The molecular weight excluding hydrogens is 278 g/mol. The minimum Gasteiger partial charge on any atom is -0.341 e. The van der Waals surface area contributed by atoms with Crippen LogP contribution < -0.4 is 0 Å². The normalized spacial score (nSPS) is 20.1. The number of hydrogen-bond donors (Lipinski definition) is 0. The third kappa shape index (κ3) is 4.06. The number of nitrogens with zero attached hydrogens (tertiary/aromatic N) is 3. The van der Waals surface area contributed by atoms with Crippen LogP contribution in [-0.2, 0) is 21.2 Å². The Labute approximate surface area is 119 Å². The van der Waals surface area contributed by atoms with Gasteiger partial charge in [0.25, 0.3) is 0 Å². The molecular formula is C13H21N3O3S. The van der Waals surface area contributed by atoms with Crippen LogP contribution in [0.3, 0.4) is 0 Å². The first kappa shape index (κ1) is 15.0. The third-order valence-corrected chi connectivity index (χ3v) is 4.41. The highest BCUT2D eigenvalue weighted by Crippen LogP contribution is 2.19. The number of piperidine rings is 1. The third-order valence-electron chi connectivity index (χ3n) is 3.64. The molecule has 0 spiro atoms. The first-order valence-electron chi connectivity index (χ1n) is 6.78. The van der Waals surface area contributed by atoms with Crippen molar-refractivity contribution < 1.29 is 13.2 Å². The molecule has 1 saturated heterocycles. The highest BCUT2D eigenvalue weighted by molar-refractivity contribution is 7.91. The van der Waals surface area contributed by atoms with Gasteiger partial charge < -0.3 is 9.47 Å². The van der Waals surface area contributed by atoms with Gasteiger partial charge in [0, 0.05) is 38.3 Å². The largest absolute Gasteiger partial charge is 0.341 e. The Bertz CT molecular complexity index is 579. The van der Waals surface area contributed by atoms with Crippen LogP contribution in [0.4, 0.5) is 0 Å². The number of likely N-dealkylation sites (tertiary alicyclic amines) is 1. The Morgan fingerprint density at radius 1 is 1.50 bits per heavy atom. The smallest absolute Gasteiger partial charge is 0.237 e. The number of carbonyl (C=O) groups is 1. The number of aryl methyl sites for hydroxylation is 1. The highest BCUT2D eigenvalue weighted by Gasteiger charge is 2.25. The minimum absolute atomic E-state index is 0.278. The summed E-state index contributed by atoms with van der Waals surface area (Å²) in [5.41, 5.74) is 0. The predicted octanol–water partition coefficient (Wildman–Crippen LogP) is 0.475. The number of carbonyl (C=O) groups excluding carboxylic acids is 1. The fourth-order valence-corrected chi connectivity index (χ4v) is 3.26. The molecule has 0 N–H and O–H groups in total. The molecule has 1 aliphatic heterocycles. The van der Waals surface area contributed by atoms with Crippen LogP contribution in [0.1, 0.15) is 18.7 Å². The maximum absolute atomic E-state index is 12.0. The van der Waals surface area contributed by atoms with E-state index in [9.17, 15) is 13.2 Å². The Hall–Kier alpha value is -1.37. The summed E-state index contributed by atoms with van der Waals surface area (Å²) in [5, 5.41) is 0. The van der Waals surface area contributed by atoms with Gasteiger partial charge in [0.2, 0.25) is 5.91 Å². The second-order valence-corrected chi connectivity index (χ2v) is 7.69. The molecule has 112 valence electrons. The summed E-state index contributed by atoms with van der Waals surface area (Å²) in [6, 6.07) is 0. The molecule has 0 aliphatic carbocycles.